The molecule has 1 aliphatic heterocycles. The maximum absolute atomic E-state index is 4.14. The maximum atomic E-state index is 4.14. The Morgan fingerprint density at radius 1 is 1.58 bits per heavy atom. The molecule has 1 aliphatic rings. The minimum absolute atomic E-state index is 0.358. The van der Waals surface area contributed by atoms with Gasteiger partial charge in [-0.3, -0.25) is 0 Å². The van der Waals surface area contributed by atoms with Crippen molar-refractivity contribution in [3.05, 3.63) is 11.5 Å². The summed E-state index contributed by atoms with van der Waals surface area (Å²) in [5.41, 5.74) is 0. The van der Waals surface area contributed by atoms with Gasteiger partial charge in [0.15, 0.2) is 0 Å². The highest BCUT2D eigenvalue weighted by molar-refractivity contribution is 8.01. The van der Waals surface area contributed by atoms with Crippen molar-refractivity contribution in [2.45, 2.75) is 43.6 Å². The van der Waals surface area contributed by atoms with Crippen molar-refractivity contribution in [3.8, 4) is 0 Å². The van der Waals surface area contributed by atoms with Gasteiger partial charge in [-0.2, -0.15) is 12.6 Å². The molecule has 70 valence electrons. The number of hydrogen-bond acceptors (Lipinski definition) is 2. The molecule has 0 spiro atoms. The van der Waals surface area contributed by atoms with Crippen LogP contribution in [0.25, 0.3) is 0 Å². The fraction of sp³-hybridized carbons (Fsp3) is 0.800. The van der Waals surface area contributed by atoms with Crippen molar-refractivity contribution in [1.82, 2.24) is 0 Å². The Kier molecular flexibility index (Phi) is 3.59. The summed E-state index contributed by atoms with van der Waals surface area (Å²) in [5.74, 6) is 0.810. The lowest BCUT2D eigenvalue weighted by Gasteiger charge is -2.20. The number of thioether (sulfide) groups is 1. The van der Waals surface area contributed by atoms with E-state index in [1.54, 1.807) is 0 Å². The van der Waals surface area contributed by atoms with Crippen molar-refractivity contribution in [2.24, 2.45) is 5.92 Å². The average molecular weight is 202 g/mol. The molecular formula is C10H18S2. The molecule has 0 nitrogen and oxygen atoms in total. The first-order valence-corrected chi connectivity index (χ1v) is 5.97. The Bertz CT molecular complexity index is 175. The fourth-order valence-electron chi connectivity index (χ4n) is 1.64. The van der Waals surface area contributed by atoms with Gasteiger partial charge in [-0.1, -0.05) is 19.9 Å². The second-order valence-electron chi connectivity index (χ2n) is 4.07. The zero-order valence-corrected chi connectivity index (χ0v) is 9.79. The van der Waals surface area contributed by atoms with Crippen LogP contribution in [0.1, 0.15) is 33.6 Å². The van der Waals surface area contributed by atoms with Crippen LogP contribution in [0.3, 0.4) is 0 Å². The van der Waals surface area contributed by atoms with Gasteiger partial charge in [0, 0.05) is 10.00 Å². The van der Waals surface area contributed by atoms with Gasteiger partial charge in [-0.05, 0) is 31.1 Å². The summed E-state index contributed by atoms with van der Waals surface area (Å²) in [6.07, 6.45) is 4.89. The number of thiol groups is 1. The molecule has 0 bridgehead atoms. The summed E-state index contributed by atoms with van der Waals surface area (Å²) >= 11 is 6.25. The Morgan fingerprint density at radius 2 is 2.25 bits per heavy atom. The highest BCUT2D eigenvalue weighted by atomic mass is 32.2. The smallest absolute Gasteiger partial charge is 0.0321 e. The van der Waals surface area contributed by atoms with Crippen LogP contribution >= 0.6 is 24.4 Å². The predicted molar refractivity (Wildman–Crippen MR) is 62.0 cm³/mol. The Labute approximate surface area is 85.6 Å². The van der Waals surface area contributed by atoms with Gasteiger partial charge in [0.25, 0.3) is 0 Å². The molecule has 12 heavy (non-hydrogen) atoms. The Hall–Kier alpha value is 0.440. The lowest BCUT2D eigenvalue weighted by molar-refractivity contribution is 0.569. The molecule has 2 heteroatoms. The highest BCUT2D eigenvalue weighted by Gasteiger charge is 2.34. The van der Waals surface area contributed by atoms with Gasteiger partial charge in [0.05, 0.1) is 0 Å². The molecule has 0 saturated carbocycles. The van der Waals surface area contributed by atoms with E-state index in [2.05, 4.69) is 51.2 Å². The van der Waals surface area contributed by atoms with Crippen LogP contribution in [0.4, 0.5) is 0 Å². The molecule has 0 radical (unpaired) electrons. The minimum atomic E-state index is 0.358. The highest BCUT2D eigenvalue weighted by Crippen LogP contribution is 2.46. The molecule has 0 aliphatic carbocycles. The lowest BCUT2D eigenvalue weighted by Crippen LogP contribution is -2.12. The quantitative estimate of drug-likeness (QED) is 0.666. The molecule has 2 atom stereocenters. The zero-order chi connectivity index (χ0) is 9.19. The molecule has 1 fully saturated rings. The van der Waals surface area contributed by atoms with Crippen LogP contribution in [-0.4, -0.2) is 10.00 Å². The van der Waals surface area contributed by atoms with Crippen LogP contribution in [0.5, 0.6) is 0 Å². The standard InChI is InChI=1S/C10H18S2/c1-8(2)9-4-5-10(3,12-9)6-7-11/h6-9,11H,4-5H2,1-3H3. The van der Waals surface area contributed by atoms with E-state index >= 15 is 0 Å². The summed E-state index contributed by atoms with van der Waals surface area (Å²) in [7, 11) is 0. The van der Waals surface area contributed by atoms with Gasteiger partial charge < -0.3 is 0 Å². The van der Waals surface area contributed by atoms with Crippen molar-refractivity contribution >= 4 is 24.4 Å². The van der Waals surface area contributed by atoms with Crippen molar-refractivity contribution in [3.63, 3.8) is 0 Å². The van der Waals surface area contributed by atoms with Gasteiger partial charge >= 0.3 is 0 Å². The van der Waals surface area contributed by atoms with Crippen LogP contribution < -0.4 is 0 Å². The minimum Gasteiger partial charge on any atom is -0.152 e. The SMILES string of the molecule is CC(C)C1CCC(C)(C=CS)S1. The van der Waals surface area contributed by atoms with E-state index in [9.17, 15) is 0 Å². The molecule has 0 aromatic heterocycles. The molecular weight excluding hydrogens is 184 g/mol. The van der Waals surface area contributed by atoms with Gasteiger partial charge in [-0.15, -0.1) is 11.8 Å². The third-order valence-corrected chi connectivity index (χ3v) is 4.63. The fourth-order valence-corrected chi connectivity index (χ4v) is 3.65. The van der Waals surface area contributed by atoms with E-state index in [4.69, 9.17) is 0 Å². The monoisotopic (exact) mass is 202 g/mol. The van der Waals surface area contributed by atoms with Crippen molar-refractivity contribution in [1.29, 1.82) is 0 Å². The Balaban J connectivity index is 2.54. The van der Waals surface area contributed by atoms with Crippen LogP contribution in [-0.2, 0) is 0 Å². The summed E-state index contributed by atoms with van der Waals surface area (Å²) in [5, 5.41) is 2.73. The summed E-state index contributed by atoms with van der Waals surface area (Å²) < 4.78 is 0.358. The lowest BCUT2D eigenvalue weighted by atomic mass is 10.00. The van der Waals surface area contributed by atoms with Gasteiger partial charge in [0.2, 0.25) is 0 Å². The largest absolute Gasteiger partial charge is 0.152 e. The van der Waals surface area contributed by atoms with E-state index in [0.717, 1.165) is 11.2 Å². The van der Waals surface area contributed by atoms with Crippen LogP contribution in [0.15, 0.2) is 11.5 Å². The van der Waals surface area contributed by atoms with E-state index in [0.29, 0.717) is 4.75 Å². The zero-order valence-electron chi connectivity index (χ0n) is 8.08. The number of rotatable bonds is 2. The predicted octanol–water partition coefficient (Wildman–Crippen LogP) is 3.74. The van der Waals surface area contributed by atoms with Gasteiger partial charge in [-0.25, -0.2) is 0 Å². The van der Waals surface area contributed by atoms with E-state index in [1.165, 1.54) is 12.8 Å². The van der Waals surface area contributed by atoms with Crippen molar-refractivity contribution < 1.29 is 0 Å². The molecule has 0 amide bonds. The normalized spacial score (nSPS) is 36.9. The second-order valence-corrected chi connectivity index (χ2v) is 6.14. The van der Waals surface area contributed by atoms with E-state index in [-0.39, 0.29) is 0 Å². The number of hydrogen-bond donors (Lipinski definition) is 1. The summed E-state index contributed by atoms with van der Waals surface area (Å²) in [4.78, 5) is 0. The first kappa shape index (κ1) is 10.5. The average Bonchev–Trinajstić information content (AvgIpc) is 2.33. The van der Waals surface area contributed by atoms with Gasteiger partial charge in [0.1, 0.15) is 0 Å². The first-order valence-electron chi connectivity index (χ1n) is 4.57. The second kappa shape index (κ2) is 4.10. The molecule has 1 heterocycles. The van der Waals surface area contributed by atoms with E-state index < -0.39 is 0 Å². The molecule has 0 aromatic rings. The summed E-state index contributed by atoms with van der Waals surface area (Å²) in [6.45, 7) is 6.94. The van der Waals surface area contributed by atoms with E-state index in [1.807, 2.05) is 5.41 Å². The third kappa shape index (κ3) is 2.46. The van der Waals surface area contributed by atoms with Crippen LogP contribution in [0.2, 0.25) is 0 Å². The molecule has 0 aromatic carbocycles. The summed E-state index contributed by atoms with van der Waals surface area (Å²) in [6, 6.07) is 0. The first-order chi connectivity index (χ1) is 5.57. The van der Waals surface area contributed by atoms with Crippen LogP contribution in [0, 0.1) is 5.92 Å². The maximum Gasteiger partial charge on any atom is 0.0321 e. The molecule has 2 unspecified atom stereocenters. The molecule has 1 saturated heterocycles. The third-order valence-electron chi connectivity index (χ3n) is 2.52. The molecule has 1 rings (SSSR count). The topological polar surface area (TPSA) is 0 Å². The molecule has 0 N–H and O–H groups in total. The van der Waals surface area contributed by atoms with Crippen molar-refractivity contribution in [2.75, 3.05) is 0 Å². The Morgan fingerprint density at radius 3 is 2.67 bits per heavy atom.